The van der Waals surface area contributed by atoms with E-state index < -0.39 is 5.25 Å². The molecule has 2 aromatic rings. The topological polar surface area (TPSA) is 93.3 Å². The van der Waals surface area contributed by atoms with E-state index in [1.807, 2.05) is 6.92 Å². The number of H-pyrrole nitrogens is 1. The van der Waals surface area contributed by atoms with Crippen molar-refractivity contribution in [1.82, 2.24) is 9.97 Å². The van der Waals surface area contributed by atoms with E-state index in [1.165, 1.54) is 24.9 Å². The van der Waals surface area contributed by atoms with Crippen molar-refractivity contribution in [2.45, 2.75) is 30.9 Å². The third kappa shape index (κ3) is 5.91. The number of anilines is 1. The number of aromatic nitrogens is 2. The van der Waals surface area contributed by atoms with Crippen LogP contribution in [-0.4, -0.2) is 34.8 Å². The van der Waals surface area contributed by atoms with Crippen LogP contribution in [0.1, 0.15) is 19.5 Å². The second-order valence-corrected chi connectivity index (χ2v) is 6.51. The van der Waals surface area contributed by atoms with Gasteiger partial charge in [0.15, 0.2) is 5.16 Å². The summed E-state index contributed by atoms with van der Waals surface area (Å²) in [4.78, 5) is 30.8. The quantitative estimate of drug-likeness (QED) is 0.553. The van der Waals surface area contributed by atoms with Gasteiger partial charge < -0.3 is 19.8 Å². The number of rotatable bonds is 8. The average Bonchev–Trinajstić information content (AvgIpc) is 2.56. The Kier molecular flexibility index (Phi) is 7.03. The number of benzene rings is 1. The van der Waals surface area contributed by atoms with Crippen molar-refractivity contribution in [2.24, 2.45) is 0 Å². The van der Waals surface area contributed by atoms with E-state index in [9.17, 15) is 9.59 Å². The van der Waals surface area contributed by atoms with Crippen molar-refractivity contribution in [3.05, 3.63) is 46.4 Å². The summed E-state index contributed by atoms with van der Waals surface area (Å²) in [7, 11) is 1.53. The standard InChI is InChI=1S/C17H21N3O4S/c1-4-24-14-7-5-12(6-8-14)18-16(22)11(2)25-17-19-13(10-23-3)9-15(21)20-17/h5-9,11H,4,10H2,1-3H3,(H,18,22)(H,19,20,21). The zero-order valence-electron chi connectivity index (χ0n) is 14.4. The first-order chi connectivity index (χ1) is 12.0. The third-order valence-corrected chi connectivity index (χ3v) is 4.14. The lowest BCUT2D eigenvalue weighted by Crippen LogP contribution is -2.23. The highest BCUT2D eigenvalue weighted by Gasteiger charge is 2.16. The van der Waals surface area contributed by atoms with E-state index in [2.05, 4.69) is 15.3 Å². The molecule has 0 radical (unpaired) electrons. The Hall–Kier alpha value is -2.32. The number of hydrogen-bond acceptors (Lipinski definition) is 6. The highest BCUT2D eigenvalue weighted by molar-refractivity contribution is 8.00. The average molecular weight is 363 g/mol. The summed E-state index contributed by atoms with van der Waals surface area (Å²) in [5, 5.41) is 2.77. The van der Waals surface area contributed by atoms with E-state index in [0.717, 1.165) is 5.75 Å². The van der Waals surface area contributed by atoms with Gasteiger partial charge in [-0.1, -0.05) is 11.8 Å². The van der Waals surface area contributed by atoms with Crippen LogP contribution in [0.25, 0.3) is 0 Å². The molecular formula is C17H21N3O4S. The molecule has 0 bridgehead atoms. The van der Waals surface area contributed by atoms with E-state index in [0.29, 0.717) is 23.1 Å². The van der Waals surface area contributed by atoms with Crippen LogP contribution in [0.3, 0.4) is 0 Å². The number of methoxy groups -OCH3 is 1. The molecule has 1 amide bonds. The van der Waals surface area contributed by atoms with Crippen molar-refractivity contribution in [2.75, 3.05) is 19.0 Å². The molecule has 1 aromatic heterocycles. The van der Waals surface area contributed by atoms with E-state index in [4.69, 9.17) is 9.47 Å². The fourth-order valence-electron chi connectivity index (χ4n) is 2.03. The van der Waals surface area contributed by atoms with Crippen molar-refractivity contribution < 1.29 is 14.3 Å². The smallest absolute Gasteiger partial charge is 0.251 e. The zero-order valence-corrected chi connectivity index (χ0v) is 15.2. The minimum Gasteiger partial charge on any atom is -0.494 e. The molecule has 134 valence electrons. The molecule has 0 saturated carbocycles. The summed E-state index contributed by atoms with van der Waals surface area (Å²) in [6, 6.07) is 8.52. The predicted octanol–water partition coefficient (Wildman–Crippen LogP) is 2.43. The van der Waals surface area contributed by atoms with Crippen LogP contribution in [0.4, 0.5) is 5.69 Å². The maximum Gasteiger partial charge on any atom is 0.251 e. The maximum absolute atomic E-state index is 12.3. The highest BCUT2D eigenvalue weighted by atomic mass is 32.2. The molecule has 1 atom stereocenters. The number of carbonyl (C=O) groups excluding carboxylic acids is 1. The van der Waals surface area contributed by atoms with Crippen molar-refractivity contribution in [3.63, 3.8) is 0 Å². The fourth-order valence-corrected chi connectivity index (χ4v) is 2.86. The minimum atomic E-state index is -0.437. The second kappa shape index (κ2) is 9.24. The maximum atomic E-state index is 12.3. The largest absolute Gasteiger partial charge is 0.494 e. The molecule has 0 saturated heterocycles. The van der Waals surface area contributed by atoms with E-state index >= 15 is 0 Å². The molecule has 1 heterocycles. The summed E-state index contributed by atoms with van der Waals surface area (Å²) in [6.07, 6.45) is 0. The molecule has 25 heavy (non-hydrogen) atoms. The van der Waals surface area contributed by atoms with Crippen LogP contribution in [0.5, 0.6) is 5.75 Å². The molecule has 0 spiro atoms. The monoisotopic (exact) mass is 363 g/mol. The Morgan fingerprint density at radius 1 is 1.36 bits per heavy atom. The highest BCUT2D eigenvalue weighted by Crippen LogP contribution is 2.21. The fraction of sp³-hybridized carbons (Fsp3) is 0.353. The van der Waals surface area contributed by atoms with Crippen LogP contribution >= 0.6 is 11.8 Å². The van der Waals surface area contributed by atoms with Gasteiger partial charge in [0, 0.05) is 18.9 Å². The molecule has 1 aromatic carbocycles. The van der Waals surface area contributed by atoms with Gasteiger partial charge in [-0.05, 0) is 38.1 Å². The number of ether oxygens (including phenoxy) is 2. The first-order valence-corrected chi connectivity index (χ1v) is 8.69. The Bertz CT molecular complexity index is 761. The summed E-state index contributed by atoms with van der Waals surface area (Å²) in [6.45, 7) is 4.49. The van der Waals surface area contributed by atoms with Crippen molar-refractivity contribution in [3.8, 4) is 5.75 Å². The first-order valence-electron chi connectivity index (χ1n) is 7.81. The van der Waals surface area contributed by atoms with Gasteiger partial charge in [-0.15, -0.1) is 0 Å². The summed E-state index contributed by atoms with van der Waals surface area (Å²) in [5.74, 6) is 0.564. The lowest BCUT2D eigenvalue weighted by molar-refractivity contribution is -0.115. The molecule has 2 N–H and O–H groups in total. The number of hydrogen-bond donors (Lipinski definition) is 2. The minimum absolute atomic E-state index is 0.186. The third-order valence-electron chi connectivity index (χ3n) is 3.16. The van der Waals surface area contributed by atoms with Gasteiger partial charge in [0.2, 0.25) is 5.91 Å². The molecular weight excluding hydrogens is 342 g/mol. The summed E-state index contributed by atoms with van der Waals surface area (Å²) < 4.78 is 10.3. The summed E-state index contributed by atoms with van der Waals surface area (Å²) >= 11 is 1.18. The molecule has 0 fully saturated rings. The second-order valence-electron chi connectivity index (χ2n) is 5.18. The lowest BCUT2D eigenvalue weighted by Gasteiger charge is -2.12. The molecule has 0 aliphatic heterocycles. The molecule has 7 nitrogen and oxygen atoms in total. The van der Waals surface area contributed by atoms with E-state index in [-0.39, 0.29) is 18.1 Å². The number of aromatic amines is 1. The van der Waals surface area contributed by atoms with Crippen molar-refractivity contribution >= 4 is 23.4 Å². The first kappa shape index (κ1) is 19.0. The normalized spacial score (nSPS) is 11.8. The van der Waals surface area contributed by atoms with Gasteiger partial charge in [-0.2, -0.15) is 0 Å². The molecule has 0 aliphatic carbocycles. The van der Waals surface area contributed by atoms with Gasteiger partial charge >= 0.3 is 0 Å². The Balaban J connectivity index is 1.99. The van der Waals surface area contributed by atoms with Gasteiger partial charge in [-0.25, -0.2) is 4.98 Å². The SMILES string of the molecule is CCOc1ccc(NC(=O)C(C)Sc2nc(COC)cc(=O)[nH]2)cc1. The van der Waals surface area contributed by atoms with Crippen LogP contribution in [0.15, 0.2) is 40.3 Å². The summed E-state index contributed by atoms with van der Waals surface area (Å²) in [5.41, 5.74) is 0.923. The Morgan fingerprint density at radius 3 is 2.72 bits per heavy atom. The van der Waals surface area contributed by atoms with Crippen LogP contribution in [0.2, 0.25) is 0 Å². The van der Waals surface area contributed by atoms with E-state index in [1.54, 1.807) is 31.2 Å². The lowest BCUT2D eigenvalue weighted by atomic mass is 10.3. The number of nitrogens with zero attached hydrogens (tertiary/aromatic N) is 1. The van der Waals surface area contributed by atoms with Crippen molar-refractivity contribution in [1.29, 1.82) is 0 Å². The molecule has 1 unspecified atom stereocenters. The number of thioether (sulfide) groups is 1. The van der Waals surface area contributed by atoms with Crippen LogP contribution < -0.4 is 15.6 Å². The number of carbonyl (C=O) groups is 1. The Morgan fingerprint density at radius 2 is 2.08 bits per heavy atom. The molecule has 8 heteroatoms. The zero-order chi connectivity index (χ0) is 18.2. The Labute approximate surface area is 150 Å². The van der Waals surface area contributed by atoms with Gasteiger partial charge in [0.1, 0.15) is 5.75 Å². The van der Waals surface area contributed by atoms with Gasteiger partial charge in [0.25, 0.3) is 5.56 Å². The number of nitrogens with one attached hydrogen (secondary N) is 2. The predicted molar refractivity (Wildman–Crippen MR) is 97.1 cm³/mol. The number of amides is 1. The molecule has 2 rings (SSSR count). The molecule has 0 aliphatic rings. The van der Waals surface area contributed by atoms with Gasteiger partial charge in [-0.3, -0.25) is 9.59 Å². The van der Waals surface area contributed by atoms with Gasteiger partial charge in [0.05, 0.1) is 24.2 Å². The van der Waals surface area contributed by atoms with Crippen LogP contribution in [0, 0.1) is 0 Å². The van der Waals surface area contributed by atoms with Crippen LogP contribution in [-0.2, 0) is 16.1 Å².